The number of epoxide rings is 1. The van der Waals surface area contributed by atoms with Crippen LogP contribution < -0.4 is 5.32 Å². The Labute approximate surface area is 204 Å². The number of H-pyrrole nitrogens is 1. The number of aromatic amines is 1. The van der Waals surface area contributed by atoms with Crippen molar-refractivity contribution in [2.75, 3.05) is 13.1 Å². The number of likely N-dealkylation sites (tertiary alicyclic amines) is 1. The fourth-order valence-electron chi connectivity index (χ4n) is 5.67. The van der Waals surface area contributed by atoms with E-state index < -0.39 is 17.1 Å². The maximum absolute atomic E-state index is 15.9. The molecule has 8 heteroatoms. The molecule has 2 N–H and O–H groups in total. The van der Waals surface area contributed by atoms with Crippen molar-refractivity contribution in [2.45, 2.75) is 63.7 Å². The van der Waals surface area contributed by atoms with Crippen LogP contribution in [0, 0.1) is 5.82 Å². The number of rotatable bonds is 4. The lowest BCUT2D eigenvalue weighted by molar-refractivity contribution is -0.134. The molecule has 0 radical (unpaired) electrons. The fourth-order valence-corrected chi connectivity index (χ4v) is 5.67. The molecule has 184 valence electrons. The average Bonchev–Trinajstić information content (AvgIpc) is 3.17. The van der Waals surface area contributed by atoms with Crippen LogP contribution in [-0.2, 0) is 26.5 Å². The summed E-state index contributed by atoms with van der Waals surface area (Å²) in [7, 11) is 0. The lowest BCUT2D eigenvalue weighted by atomic mass is 9.80. The Bertz CT molecular complexity index is 1280. The van der Waals surface area contributed by atoms with Gasteiger partial charge in [0.2, 0.25) is 11.8 Å². The zero-order valence-electron chi connectivity index (χ0n) is 20.4. The van der Waals surface area contributed by atoms with Gasteiger partial charge in [0.25, 0.3) is 0 Å². The molecule has 7 nitrogen and oxygen atoms in total. The van der Waals surface area contributed by atoms with Crippen molar-refractivity contribution >= 4 is 22.7 Å². The van der Waals surface area contributed by atoms with Crippen molar-refractivity contribution in [3.05, 3.63) is 65.4 Å². The highest BCUT2D eigenvalue weighted by atomic mass is 19.1. The summed E-state index contributed by atoms with van der Waals surface area (Å²) >= 11 is 0. The van der Waals surface area contributed by atoms with Gasteiger partial charge in [0, 0.05) is 55.1 Å². The van der Waals surface area contributed by atoms with E-state index in [9.17, 15) is 9.59 Å². The van der Waals surface area contributed by atoms with Crippen molar-refractivity contribution in [2.24, 2.45) is 0 Å². The van der Waals surface area contributed by atoms with Crippen LogP contribution in [-0.4, -0.2) is 45.4 Å². The van der Waals surface area contributed by atoms with Crippen LogP contribution in [0.1, 0.15) is 62.8 Å². The number of pyridine rings is 1. The van der Waals surface area contributed by atoms with Gasteiger partial charge in [0.1, 0.15) is 17.0 Å². The lowest BCUT2D eigenvalue weighted by Gasteiger charge is -2.32. The van der Waals surface area contributed by atoms with Gasteiger partial charge in [-0.2, -0.15) is 0 Å². The van der Waals surface area contributed by atoms with Crippen LogP contribution in [0.5, 0.6) is 0 Å². The molecular formula is C27H31FN4O3. The van der Waals surface area contributed by atoms with Gasteiger partial charge in [-0.05, 0) is 49.6 Å². The van der Waals surface area contributed by atoms with Gasteiger partial charge >= 0.3 is 0 Å². The van der Waals surface area contributed by atoms with Crippen LogP contribution in [0.15, 0.2) is 42.7 Å². The maximum atomic E-state index is 15.9. The third kappa shape index (κ3) is 3.94. The summed E-state index contributed by atoms with van der Waals surface area (Å²) in [6.45, 7) is 8.38. The Morgan fingerprint density at radius 3 is 2.80 bits per heavy atom. The first kappa shape index (κ1) is 23.6. The number of fused-ring (bicyclic) bond motifs is 2. The van der Waals surface area contributed by atoms with Crippen LogP contribution in [0.4, 0.5) is 4.39 Å². The molecular weight excluding hydrogens is 447 g/mol. The molecule has 0 bridgehead atoms. The molecule has 3 fully saturated rings. The SMILES string of the molecule is CC.CC12CN(Cc3ccc[nH]3)CCC1(c1ccc3ncc(C4CCC(=O)NC4=O)cc3c1F)O2. The van der Waals surface area contributed by atoms with Gasteiger partial charge in [-0.1, -0.05) is 19.9 Å². The zero-order valence-corrected chi connectivity index (χ0v) is 20.4. The molecule has 0 aliphatic carbocycles. The number of hydrogen-bond acceptors (Lipinski definition) is 5. The number of carbonyl (C=O) groups is 2. The molecule has 3 aliphatic rings. The molecule has 1 aromatic carbocycles. The quantitative estimate of drug-likeness (QED) is 0.435. The molecule has 6 rings (SSSR count). The van der Waals surface area contributed by atoms with Gasteiger partial charge in [0.05, 0.1) is 11.4 Å². The summed E-state index contributed by atoms with van der Waals surface area (Å²) in [6.07, 6.45) is 4.90. The summed E-state index contributed by atoms with van der Waals surface area (Å²) < 4.78 is 22.2. The molecule has 3 aromatic rings. The van der Waals surface area contributed by atoms with Gasteiger partial charge < -0.3 is 9.72 Å². The number of amides is 2. The molecule has 35 heavy (non-hydrogen) atoms. The number of imide groups is 1. The first-order valence-corrected chi connectivity index (χ1v) is 12.4. The second kappa shape index (κ2) is 8.84. The van der Waals surface area contributed by atoms with Crippen LogP contribution >= 0.6 is 0 Å². The van der Waals surface area contributed by atoms with Crippen molar-refractivity contribution in [3.8, 4) is 0 Å². The van der Waals surface area contributed by atoms with E-state index in [1.165, 1.54) is 0 Å². The number of carbonyl (C=O) groups excluding carboxylic acids is 2. The summed E-state index contributed by atoms with van der Waals surface area (Å²) in [5.74, 6) is -1.46. The molecule has 0 saturated carbocycles. The van der Waals surface area contributed by atoms with Crippen LogP contribution in [0.25, 0.3) is 10.9 Å². The molecule has 3 saturated heterocycles. The number of nitrogens with one attached hydrogen (secondary N) is 2. The Hall–Kier alpha value is -3.10. The van der Waals surface area contributed by atoms with Crippen molar-refractivity contribution in [3.63, 3.8) is 0 Å². The molecule has 0 spiro atoms. The molecule has 3 unspecified atom stereocenters. The second-order valence-corrected chi connectivity index (χ2v) is 9.58. The van der Waals surface area contributed by atoms with E-state index in [4.69, 9.17) is 4.74 Å². The van der Waals surface area contributed by atoms with Gasteiger partial charge in [-0.25, -0.2) is 4.39 Å². The first-order chi connectivity index (χ1) is 16.9. The monoisotopic (exact) mass is 478 g/mol. The zero-order chi connectivity index (χ0) is 24.8. The predicted molar refractivity (Wildman–Crippen MR) is 130 cm³/mol. The van der Waals surface area contributed by atoms with E-state index in [-0.39, 0.29) is 24.1 Å². The van der Waals surface area contributed by atoms with Crippen molar-refractivity contribution in [1.29, 1.82) is 0 Å². The van der Waals surface area contributed by atoms with E-state index >= 15 is 4.39 Å². The van der Waals surface area contributed by atoms with E-state index in [2.05, 4.69) is 33.2 Å². The van der Waals surface area contributed by atoms with E-state index in [1.807, 2.05) is 32.2 Å². The molecule has 5 heterocycles. The van der Waals surface area contributed by atoms with E-state index in [0.717, 1.165) is 25.3 Å². The highest BCUT2D eigenvalue weighted by Gasteiger charge is 2.70. The Morgan fingerprint density at radius 2 is 2.09 bits per heavy atom. The topological polar surface area (TPSA) is 90.6 Å². The Balaban J connectivity index is 0.00000124. The average molecular weight is 479 g/mol. The standard InChI is InChI=1S/C25H25FN4O3.C2H6/c1-24-14-30(13-16-3-2-9-27-16)10-8-25(24,33-24)19-5-6-20-18(22(19)26)11-15(12-28-20)17-4-7-21(31)29-23(17)32;1-2/h2-3,5-6,9,11-12,17,27H,4,7-8,10,13-14H2,1H3,(H,29,31,32);1-2H3. The fraction of sp³-hybridized carbons (Fsp3) is 0.444. The third-order valence-electron chi connectivity index (χ3n) is 7.47. The van der Waals surface area contributed by atoms with Gasteiger partial charge in [-0.3, -0.25) is 24.8 Å². The molecule has 2 aromatic heterocycles. The van der Waals surface area contributed by atoms with E-state index in [1.54, 1.807) is 18.3 Å². The minimum atomic E-state index is -0.651. The number of piperidine rings is 2. The van der Waals surface area contributed by atoms with Gasteiger partial charge in [0.15, 0.2) is 0 Å². The van der Waals surface area contributed by atoms with Crippen molar-refractivity contribution < 1.29 is 18.7 Å². The highest BCUT2D eigenvalue weighted by Crippen LogP contribution is 2.61. The number of ether oxygens (including phenoxy) is 1. The van der Waals surface area contributed by atoms with Gasteiger partial charge in [-0.15, -0.1) is 0 Å². The van der Waals surface area contributed by atoms with Crippen LogP contribution in [0.3, 0.4) is 0 Å². The minimum Gasteiger partial charge on any atom is -0.364 e. The summed E-state index contributed by atoms with van der Waals surface area (Å²) in [5.41, 5.74) is 1.76. The normalized spacial score (nSPS) is 28.2. The minimum absolute atomic E-state index is 0.269. The number of benzene rings is 1. The highest BCUT2D eigenvalue weighted by molar-refractivity contribution is 6.01. The predicted octanol–water partition coefficient (Wildman–Crippen LogP) is 4.14. The number of nitrogens with zero attached hydrogens (tertiary/aromatic N) is 2. The Kier molecular flexibility index (Phi) is 5.97. The molecule has 2 amide bonds. The largest absolute Gasteiger partial charge is 0.364 e. The molecule has 3 atom stereocenters. The lowest BCUT2D eigenvalue weighted by Crippen LogP contribution is -2.44. The Morgan fingerprint density at radius 1 is 1.26 bits per heavy atom. The van der Waals surface area contributed by atoms with E-state index in [0.29, 0.717) is 34.9 Å². The van der Waals surface area contributed by atoms with Crippen molar-refractivity contribution in [1.82, 2.24) is 20.2 Å². The van der Waals surface area contributed by atoms with Crippen LogP contribution in [0.2, 0.25) is 0 Å². The second-order valence-electron chi connectivity index (χ2n) is 9.58. The summed E-state index contributed by atoms with van der Waals surface area (Å²) in [5, 5.41) is 2.75. The summed E-state index contributed by atoms with van der Waals surface area (Å²) in [6, 6.07) is 9.37. The maximum Gasteiger partial charge on any atom is 0.234 e. The number of aromatic nitrogens is 2. The summed E-state index contributed by atoms with van der Waals surface area (Å²) in [4.78, 5) is 33.8. The number of hydrogen-bond donors (Lipinski definition) is 2. The smallest absolute Gasteiger partial charge is 0.234 e. The molecule has 3 aliphatic heterocycles. The third-order valence-corrected chi connectivity index (χ3v) is 7.47. The number of halogens is 1. The first-order valence-electron chi connectivity index (χ1n) is 12.4.